The van der Waals surface area contributed by atoms with Crippen LogP contribution < -0.4 is 11.5 Å². The second kappa shape index (κ2) is 6.23. The third kappa shape index (κ3) is 2.37. The number of hydrogen-bond acceptors (Lipinski definition) is 2. The lowest BCUT2D eigenvalue weighted by Crippen LogP contribution is -1.96. The van der Waals surface area contributed by atoms with Crippen molar-refractivity contribution in [3.63, 3.8) is 0 Å². The molecule has 142 valence electrons. The van der Waals surface area contributed by atoms with Crippen LogP contribution in [0.3, 0.4) is 0 Å². The van der Waals surface area contributed by atoms with Gasteiger partial charge in [-0.3, -0.25) is 0 Å². The molecule has 0 saturated heterocycles. The molecule has 0 aliphatic rings. The predicted molar refractivity (Wildman–Crippen MR) is 130 cm³/mol. The average Bonchev–Trinajstić information content (AvgIpc) is 2.80. The van der Waals surface area contributed by atoms with E-state index in [-0.39, 0.29) is 0 Å². The predicted octanol–water partition coefficient (Wildman–Crippen LogP) is 7.08. The molecule has 0 aliphatic heterocycles. The van der Waals surface area contributed by atoms with Crippen molar-refractivity contribution in [1.82, 2.24) is 0 Å². The molecule has 30 heavy (non-hydrogen) atoms. The zero-order valence-electron chi connectivity index (χ0n) is 16.4. The van der Waals surface area contributed by atoms with Gasteiger partial charge in [0.25, 0.3) is 0 Å². The minimum Gasteiger partial charge on any atom is -0.398 e. The highest BCUT2D eigenvalue weighted by atomic mass is 14.6. The molecule has 0 saturated carbocycles. The topological polar surface area (TPSA) is 52.0 Å². The Hall–Kier alpha value is -4.04. The fraction of sp³-hybridized carbons (Fsp3) is 0. The molecular formula is C28H20N2. The molecule has 0 aromatic heterocycles. The summed E-state index contributed by atoms with van der Waals surface area (Å²) in [6.07, 6.45) is 0. The Morgan fingerprint density at radius 3 is 2.00 bits per heavy atom. The second-order valence-electron chi connectivity index (χ2n) is 7.86. The highest BCUT2D eigenvalue weighted by Crippen LogP contribution is 2.43. The molecule has 0 amide bonds. The maximum Gasteiger partial charge on any atom is 0.0474 e. The SMILES string of the molecule is Nc1ccc2ccc3c(N)c(-c4cccc(-c5ccccc5)c4)cc4ccc1c2c43. The van der Waals surface area contributed by atoms with Gasteiger partial charge in [0, 0.05) is 27.7 Å². The van der Waals surface area contributed by atoms with Crippen LogP contribution in [0.15, 0.2) is 97.1 Å². The van der Waals surface area contributed by atoms with Gasteiger partial charge < -0.3 is 11.5 Å². The summed E-state index contributed by atoms with van der Waals surface area (Å²) < 4.78 is 0. The first-order chi connectivity index (χ1) is 14.7. The van der Waals surface area contributed by atoms with Gasteiger partial charge in [-0.05, 0) is 56.4 Å². The van der Waals surface area contributed by atoms with Crippen LogP contribution in [-0.4, -0.2) is 0 Å². The molecule has 0 aliphatic carbocycles. The van der Waals surface area contributed by atoms with Gasteiger partial charge in [0.2, 0.25) is 0 Å². The summed E-state index contributed by atoms with van der Waals surface area (Å²) >= 11 is 0. The highest BCUT2D eigenvalue weighted by Gasteiger charge is 2.15. The van der Waals surface area contributed by atoms with Crippen molar-refractivity contribution in [2.75, 3.05) is 11.5 Å². The molecule has 0 heterocycles. The Labute approximate surface area is 174 Å². The first-order valence-corrected chi connectivity index (χ1v) is 10.1. The number of anilines is 2. The van der Waals surface area contributed by atoms with E-state index in [0.717, 1.165) is 33.3 Å². The van der Waals surface area contributed by atoms with Crippen LogP contribution in [0.2, 0.25) is 0 Å². The summed E-state index contributed by atoms with van der Waals surface area (Å²) in [6, 6.07) is 33.9. The van der Waals surface area contributed by atoms with E-state index in [1.807, 2.05) is 12.1 Å². The van der Waals surface area contributed by atoms with E-state index in [9.17, 15) is 0 Å². The van der Waals surface area contributed by atoms with E-state index in [2.05, 4.69) is 84.9 Å². The maximum atomic E-state index is 6.76. The average molecular weight is 384 g/mol. The zero-order chi connectivity index (χ0) is 20.2. The quantitative estimate of drug-likeness (QED) is 0.247. The molecule has 0 spiro atoms. The molecule has 0 radical (unpaired) electrons. The summed E-state index contributed by atoms with van der Waals surface area (Å²) in [4.78, 5) is 0. The van der Waals surface area contributed by atoms with Crippen molar-refractivity contribution in [2.24, 2.45) is 0 Å². The van der Waals surface area contributed by atoms with Crippen LogP contribution >= 0.6 is 0 Å². The molecule has 2 heteroatoms. The van der Waals surface area contributed by atoms with E-state index >= 15 is 0 Å². The lowest BCUT2D eigenvalue weighted by molar-refractivity contribution is 1.60. The lowest BCUT2D eigenvalue weighted by atomic mass is 9.89. The Morgan fingerprint density at radius 2 is 1.13 bits per heavy atom. The van der Waals surface area contributed by atoms with E-state index in [1.165, 1.54) is 32.7 Å². The first kappa shape index (κ1) is 16.9. The standard InChI is InChI=1S/C28H20N2/c29-25-14-11-18-9-13-23-27-21(10-12-22(25)26(18)27)16-24(28(23)30)20-8-4-7-19(15-20)17-5-2-1-3-6-17/h1-16H,29-30H2. The third-order valence-corrected chi connectivity index (χ3v) is 6.14. The van der Waals surface area contributed by atoms with Gasteiger partial charge >= 0.3 is 0 Å². The Bertz CT molecular complexity index is 1550. The normalized spacial score (nSPS) is 11.6. The third-order valence-electron chi connectivity index (χ3n) is 6.14. The van der Waals surface area contributed by atoms with Crippen molar-refractivity contribution in [2.45, 2.75) is 0 Å². The van der Waals surface area contributed by atoms with Crippen molar-refractivity contribution in [3.8, 4) is 22.3 Å². The number of benzene rings is 6. The summed E-state index contributed by atoms with van der Waals surface area (Å²) in [5.41, 5.74) is 19.2. The summed E-state index contributed by atoms with van der Waals surface area (Å²) in [7, 11) is 0. The van der Waals surface area contributed by atoms with Crippen LogP contribution in [-0.2, 0) is 0 Å². The molecule has 0 atom stereocenters. The minimum absolute atomic E-state index is 0.801. The van der Waals surface area contributed by atoms with E-state index in [4.69, 9.17) is 11.5 Å². The number of rotatable bonds is 2. The van der Waals surface area contributed by atoms with Crippen molar-refractivity contribution in [3.05, 3.63) is 97.1 Å². The molecular weight excluding hydrogens is 364 g/mol. The molecule has 0 bridgehead atoms. The Balaban J connectivity index is 1.64. The minimum atomic E-state index is 0.801. The lowest BCUT2D eigenvalue weighted by Gasteiger charge is -2.17. The van der Waals surface area contributed by atoms with Gasteiger partial charge in [-0.15, -0.1) is 0 Å². The smallest absolute Gasteiger partial charge is 0.0474 e. The molecule has 0 fully saturated rings. The first-order valence-electron chi connectivity index (χ1n) is 10.1. The summed E-state index contributed by atoms with van der Waals surface area (Å²) in [6.45, 7) is 0. The number of nitrogen functional groups attached to an aromatic ring is 2. The zero-order valence-corrected chi connectivity index (χ0v) is 16.4. The fourth-order valence-corrected chi connectivity index (χ4v) is 4.66. The largest absolute Gasteiger partial charge is 0.398 e. The van der Waals surface area contributed by atoms with Gasteiger partial charge in [0.05, 0.1) is 0 Å². The summed E-state index contributed by atoms with van der Waals surface area (Å²) in [5.74, 6) is 0. The fourth-order valence-electron chi connectivity index (χ4n) is 4.66. The van der Waals surface area contributed by atoms with Gasteiger partial charge in [-0.2, -0.15) is 0 Å². The molecule has 6 rings (SSSR count). The number of hydrogen-bond donors (Lipinski definition) is 2. The van der Waals surface area contributed by atoms with Gasteiger partial charge in [0.15, 0.2) is 0 Å². The van der Waals surface area contributed by atoms with Crippen LogP contribution in [0.25, 0.3) is 54.6 Å². The van der Waals surface area contributed by atoms with Crippen LogP contribution in [0.1, 0.15) is 0 Å². The van der Waals surface area contributed by atoms with Crippen LogP contribution in [0.5, 0.6) is 0 Å². The van der Waals surface area contributed by atoms with Crippen molar-refractivity contribution >= 4 is 43.7 Å². The maximum absolute atomic E-state index is 6.76. The monoisotopic (exact) mass is 384 g/mol. The van der Waals surface area contributed by atoms with E-state index in [0.29, 0.717) is 0 Å². The van der Waals surface area contributed by atoms with Gasteiger partial charge in [-0.1, -0.05) is 78.9 Å². The van der Waals surface area contributed by atoms with Crippen LogP contribution in [0.4, 0.5) is 11.4 Å². The van der Waals surface area contributed by atoms with E-state index < -0.39 is 0 Å². The Morgan fingerprint density at radius 1 is 0.467 bits per heavy atom. The molecule has 0 unspecified atom stereocenters. The Kier molecular flexibility index (Phi) is 3.50. The highest BCUT2D eigenvalue weighted by molar-refractivity contribution is 6.28. The number of nitrogens with two attached hydrogens (primary N) is 2. The summed E-state index contributed by atoms with van der Waals surface area (Å²) in [5, 5.41) is 6.93. The van der Waals surface area contributed by atoms with Gasteiger partial charge in [-0.25, -0.2) is 0 Å². The van der Waals surface area contributed by atoms with Crippen molar-refractivity contribution < 1.29 is 0 Å². The second-order valence-corrected chi connectivity index (χ2v) is 7.86. The van der Waals surface area contributed by atoms with Crippen LogP contribution in [0, 0.1) is 0 Å². The molecule has 6 aromatic carbocycles. The van der Waals surface area contributed by atoms with E-state index in [1.54, 1.807) is 0 Å². The molecule has 4 N–H and O–H groups in total. The van der Waals surface area contributed by atoms with Crippen molar-refractivity contribution in [1.29, 1.82) is 0 Å². The molecule has 6 aromatic rings. The van der Waals surface area contributed by atoms with Gasteiger partial charge in [0.1, 0.15) is 0 Å². The molecule has 2 nitrogen and oxygen atoms in total.